The van der Waals surface area contributed by atoms with Gasteiger partial charge >= 0.3 is 0 Å². The predicted molar refractivity (Wildman–Crippen MR) is 70.3 cm³/mol. The monoisotopic (exact) mass is 303 g/mol. The van der Waals surface area contributed by atoms with Gasteiger partial charge in [-0.15, -0.1) is 17.0 Å². The normalized spacial score (nSPS) is 16.5. The average molecular weight is 304 g/mol. The number of halogens is 1. The number of piperidine rings is 1. The average Bonchev–Trinajstić information content (AvgIpc) is 2.32. The third kappa shape index (κ3) is 4.18. The summed E-state index contributed by atoms with van der Waals surface area (Å²) in [6.45, 7) is 2.39. The molecule has 1 aliphatic heterocycles. The zero-order valence-corrected chi connectivity index (χ0v) is 11.3. The van der Waals surface area contributed by atoms with Crippen LogP contribution in [0.2, 0.25) is 0 Å². The molecule has 0 radical (unpaired) electrons. The van der Waals surface area contributed by atoms with Crippen LogP contribution in [-0.4, -0.2) is 28.4 Å². The minimum atomic E-state index is -0.0975. The van der Waals surface area contributed by atoms with Crippen LogP contribution < -0.4 is 0 Å². The molecule has 1 heterocycles. The molecule has 0 amide bonds. The lowest BCUT2D eigenvalue weighted by atomic mass is 10.2. The lowest BCUT2D eigenvalue weighted by molar-refractivity contribution is -0.178. The molecule has 0 bridgehead atoms. The van der Waals surface area contributed by atoms with Gasteiger partial charge in [-0.2, -0.15) is 5.06 Å². The summed E-state index contributed by atoms with van der Waals surface area (Å²) in [5.41, 5.74) is 0.862. The van der Waals surface area contributed by atoms with Gasteiger partial charge in [0.25, 0.3) is 0 Å². The molecular formula is C12H18BrNO3. The number of hydrogen-bond donors (Lipinski definition) is 2. The number of aromatic hydroxyl groups is 2. The van der Waals surface area contributed by atoms with E-state index in [1.807, 2.05) is 5.06 Å². The summed E-state index contributed by atoms with van der Waals surface area (Å²) >= 11 is 0. The first-order chi connectivity index (χ1) is 7.75. The van der Waals surface area contributed by atoms with Crippen LogP contribution in [0.4, 0.5) is 0 Å². The Labute approximate surface area is 112 Å². The molecule has 2 rings (SSSR count). The summed E-state index contributed by atoms with van der Waals surface area (Å²) in [6.07, 6.45) is 3.64. The largest absolute Gasteiger partial charge is 0.504 e. The molecule has 0 saturated carbocycles. The maximum absolute atomic E-state index is 9.32. The fraction of sp³-hybridized carbons (Fsp3) is 0.500. The molecule has 1 aromatic carbocycles. The van der Waals surface area contributed by atoms with E-state index in [1.165, 1.54) is 31.4 Å². The molecule has 1 saturated heterocycles. The molecule has 17 heavy (non-hydrogen) atoms. The number of phenolic OH excluding ortho intramolecular Hbond substituents is 2. The molecule has 0 aromatic heterocycles. The summed E-state index contributed by atoms with van der Waals surface area (Å²) in [5.74, 6) is -0.193. The van der Waals surface area contributed by atoms with Crippen LogP contribution in [0.5, 0.6) is 11.5 Å². The van der Waals surface area contributed by atoms with Crippen molar-refractivity contribution in [3.8, 4) is 11.5 Å². The molecule has 2 N–H and O–H groups in total. The number of nitrogens with zero attached hydrogens (tertiary/aromatic N) is 1. The van der Waals surface area contributed by atoms with E-state index in [9.17, 15) is 5.11 Å². The molecule has 0 atom stereocenters. The molecule has 1 aliphatic rings. The van der Waals surface area contributed by atoms with Gasteiger partial charge in [0, 0.05) is 13.1 Å². The topological polar surface area (TPSA) is 52.9 Å². The Balaban J connectivity index is 0.00000144. The van der Waals surface area contributed by atoms with Crippen molar-refractivity contribution in [2.75, 3.05) is 13.1 Å². The van der Waals surface area contributed by atoms with Crippen LogP contribution in [0.15, 0.2) is 18.2 Å². The van der Waals surface area contributed by atoms with Gasteiger partial charge in [-0.1, -0.05) is 12.5 Å². The first-order valence-corrected chi connectivity index (χ1v) is 5.64. The maximum atomic E-state index is 9.32. The van der Waals surface area contributed by atoms with Crippen LogP contribution in [0.3, 0.4) is 0 Å². The smallest absolute Gasteiger partial charge is 0.157 e. The van der Waals surface area contributed by atoms with E-state index >= 15 is 0 Å². The van der Waals surface area contributed by atoms with Gasteiger partial charge in [0.05, 0.1) is 6.61 Å². The number of phenols is 2. The Kier molecular flexibility index (Phi) is 5.74. The highest BCUT2D eigenvalue weighted by Gasteiger charge is 2.10. The highest BCUT2D eigenvalue weighted by Crippen LogP contribution is 2.25. The van der Waals surface area contributed by atoms with Gasteiger partial charge in [0.2, 0.25) is 0 Å². The molecule has 0 unspecified atom stereocenters. The van der Waals surface area contributed by atoms with Crippen molar-refractivity contribution in [2.24, 2.45) is 0 Å². The van der Waals surface area contributed by atoms with E-state index < -0.39 is 0 Å². The van der Waals surface area contributed by atoms with E-state index in [1.54, 1.807) is 6.07 Å². The standard InChI is InChI=1S/C12H17NO3.BrH/c14-11-5-4-10(8-12(11)15)9-16-13-6-2-1-3-7-13;/h4-5,8,14-15H,1-3,6-7,9H2;1H. The predicted octanol–water partition coefficient (Wildman–Crippen LogP) is 2.59. The van der Waals surface area contributed by atoms with Gasteiger partial charge in [-0.3, -0.25) is 4.84 Å². The van der Waals surface area contributed by atoms with Gasteiger partial charge in [-0.25, -0.2) is 0 Å². The SMILES string of the molecule is Br.Oc1ccc(CON2CCCCC2)cc1O. The van der Waals surface area contributed by atoms with Gasteiger partial charge in [0.1, 0.15) is 0 Å². The van der Waals surface area contributed by atoms with Crippen LogP contribution in [-0.2, 0) is 11.4 Å². The van der Waals surface area contributed by atoms with Gasteiger partial charge < -0.3 is 10.2 Å². The number of benzene rings is 1. The lowest BCUT2D eigenvalue weighted by Gasteiger charge is -2.25. The number of hydroxylamine groups is 2. The summed E-state index contributed by atoms with van der Waals surface area (Å²) in [4.78, 5) is 5.60. The molecule has 0 aliphatic carbocycles. The third-order valence-electron chi connectivity index (χ3n) is 2.77. The van der Waals surface area contributed by atoms with Gasteiger partial charge in [0.15, 0.2) is 11.5 Å². The van der Waals surface area contributed by atoms with Crippen molar-refractivity contribution in [3.05, 3.63) is 23.8 Å². The fourth-order valence-corrected chi connectivity index (χ4v) is 1.82. The highest BCUT2D eigenvalue weighted by molar-refractivity contribution is 8.93. The van der Waals surface area contributed by atoms with Crippen molar-refractivity contribution >= 4 is 17.0 Å². The third-order valence-corrected chi connectivity index (χ3v) is 2.77. The van der Waals surface area contributed by atoms with Crippen molar-refractivity contribution in [2.45, 2.75) is 25.9 Å². The molecule has 0 spiro atoms. The van der Waals surface area contributed by atoms with Crippen LogP contribution in [0.25, 0.3) is 0 Å². The van der Waals surface area contributed by atoms with E-state index in [0.717, 1.165) is 18.7 Å². The van der Waals surface area contributed by atoms with E-state index in [0.29, 0.717) is 6.61 Å². The van der Waals surface area contributed by atoms with E-state index in [-0.39, 0.29) is 28.5 Å². The molecule has 4 nitrogen and oxygen atoms in total. The van der Waals surface area contributed by atoms with Crippen LogP contribution in [0, 0.1) is 0 Å². The zero-order chi connectivity index (χ0) is 11.4. The lowest BCUT2D eigenvalue weighted by Crippen LogP contribution is -2.29. The Bertz CT molecular complexity index is 354. The Morgan fingerprint density at radius 2 is 1.76 bits per heavy atom. The van der Waals surface area contributed by atoms with E-state index in [4.69, 9.17) is 9.94 Å². The first-order valence-electron chi connectivity index (χ1n) is 5.64. The summed E-state index contributed by atoms with van der Waals surface area (Å²) < 4.78 is 0. The number of rotatable bonds is 3. The summed E-state index contributed by atoms with van der Waals surface area (Å²) in [6, 6.07) is 4.75. The number of hydrogen-bond acceptors (Lipinski definition) is 4. The van der Waals surface area contributed by atoms with Crippen LogP contribution in [0.1, 0.15) is 24.8 Å². The zero-order valence-electron chi connectivity index (χ0n) is 9.63. The van der Waals surface area contributed by atoms with E-state index in [2.05, 4.69) is 0 Å². The van der Waals surface area contributed by atoms with Crippen LogP contribution >= 0.6 is 17.0 Å². The van der Waals surface area contributed by atoms with Gasteiger partial charge in [-0.05, 0) is 30.5 Å². The second-order valence-corrected chi connectivity index (χ2v) is 4.09. The summed E-state index contributed by atoms with van der Waals surface area (Å²) in [7, 11) is 0. The Morgan fingerprint density at radius 3 is 2.41 bits per heavy atom. The molecule has 96 valence electrons. The minimum absolute atomic E-state index is 0. The minimum Gasteiger partial charge on any atom is -0.504 e. The maximum Gasteiger partial charge on any atom is 0.157 e. The molecule has 1 aromatic rings. The molecule has 1 fully saturated rings. The van der Waals surface area contributed by atoms with Crippen molar-refractivity contribution in [3.63, 3.8) is 0 Å². The van der Waals surface area contributed by atoms with Crippen molar-refractivity contribution < 1.29 is 15.1 Å². The summed E-state index contributed by atoms with van der Waals surface area (Å²) in [5, 5.41) is 20.4. The second kappa shape index (κ2) is 6.83. The van der Waals surface area contributed by atoms with Crippen molar-refractivity contribution in [1.82, 2.24) is 5.06 Å². The molecule has 5 heteroatoms. The fourth-order valence-electron chi connectivity index (χ4n) is 1.82. The highest BCUT2D eigenvalue weighted by atomic mass is 79.9. The quantitative estimate of drug-likeness (QED) is 0.843. The Hall–Kier alpha value is -0.780. The second-order valence-electron chi connectivity index (χ2n) is 4.09. The first kappa shape index (κ1) is 14.3. The van der Waals surface area contributed by atoms with Crippen molar-refractivity contribution in [1.29, 1.82) is 0 Å². The molecular weight excluding hydrogens is 286 g/mol. The Morgan fingerprint density at radius 1 is 1.06 bits per heavy atom.